The highest BCUT2D eigenvalue weighted by atomic mass is 32.1. The lowest BCUT2D eigenvalue weighted by Gasteiger charge is -2.04. The van der Waals surface area contributed by atoms with Crippen molar-refractivity contribution >= 4 is 27.5 Å². The van der Waals surface area contributed by atoms with E-state index in [0.29, 0.717) is 4.88 Å². The van der Waals surface area contributed by atoms with Crippen LogP contribution in [0.15, 0.2) is 30.3 Å². The van der Waals surface area contributed by atoms with Crippen LogP contribution >= 0.6 is 11.3 Å². The monoisotopic (exact) mass is 300 g/mol. The zero-order valence-corrected chi connectivity index (χ0v) is 12.9. The second-order valence-corrected chi connectivity index (χ2v) is 6.46. The number of carboxylic acids is 1. The molecule has 0 aliphatic rings. The molecule has 0 saturated carbocycles. The third-order valence-corrected chi connectivity index (χ3v) is 4.49. The molecular formula is C16H16N2O2S. The molecule has 4 nitrogen and oxygen atoms in total. The Morgan fingerprint density at radius 2 is 2.10 bits per heavy atom. The predicted octanol–water partition coefficient (Wildman–Crippen LogP) is 4.22. The van der Waals surface area contributed by atoms with Crippen molar-refractivity contribution in [3.05, 3.63) is 46.5 Å². The molecule has 2 heterocycles. The molecule has 5 heteroatoms. The van der Waals surface area contributed by atoms with Crippen molar-refractivity contribution in [3.8, 4) is 5.69 Å². The van der Waals surface area contributed by atoms with Gasteiger partial charge in [-0.15, -0.1) is 11.3 Å². The summed E-state index contributed by atoms with van der Waals surface area (Å²) in [6.45, 7) is 6.17. The van der Waals surface area contributed by atoms with Crippen LogP contribution < -0.4 is 0 Å². The molecule has 0 spiro atoms. The van der Waals surface area contributed by atoms with E-state index in [1.165, 1.54) is 11.3 Å². The van der Waals surface area contributed by atoms with Crippen molar-refractivity contribution in [3.63, 3.8) is 0 Å². The summed E-state index contributed by atoms with van der Waals surface area (Å²) in [5, 5.41) is 14.9. The molecule has 0 aliphatic carbocycles. The lowest BCUT2D eigenvalue weighted by atomic mass is 10.1. The van der Waals surface area contributed by atoms with E-state index in [0.717, 1.165) is 27.2 Å². The Hall–Kier alpha value is -2.14. The molecule has 0 fully saturated rings. The topological polar surface area (TPSA) is 55.1 Å². The molecule has 0 bridgehead atoms. The number of hydrogen-bond donors (Lipinski definition) is 1. The number of aromatic carboxylic acids is 1. The van der Waals surface area contributed by atoms with Crippen LogP contribution in [0.3, 0.4) is 0 Å². The predicted molar refractivity (Wildman–Crippen MR) is 84.7 cm³/mol. The van der Waals surface area contributed by atoms with E-state index < -0.39 is 5.97 Å². The normalized spacial score (nSPS) is 11.4. The number of nitrogens with zero attached hydrogens (tertiary/aromatic N) is 2. The lowest BCUT2D eigenvalue weighted by molar-refractivity contribution is 0.0702. The Labute approximate surface area is 126 Å². The largest absolute Gasteiger partial charge is 0.477 e. The van der Waals surface area contributed by atoms with Crippen LogP contribution in [0, 0.1) is 6.92 Å². The summed E-state index contributed by atoms with van der Waals surface area (Å²) < 4.78 is 1.86. The van der Waals surface area contributed by atoms with Gasteiger partial charge in [0.25, 0.3) is 0 Å². The van der Waals surface area contributed by atoms with Crippen molar-refractivity contribution in [2.45, 2.75) is 26.7 Å². The van der Waals surface area contributed by atoms with Crippen LogP contribution in [0.25, 0.3) is 15.9 Å². The molecule has 1 N–H and O–H groups in total. The van der Waals surface area contributed by atoms with Crippen molar-refractivity contribution in [1.82, 2.24) is 9.78 Å². The Morgan fingerprint density at radius 3 is 2.71 bits per heavy atom. The zero-order valence-electron chi connectivity index (χ0n) is 12.1. The second-order valence-electron chi connectivity index (χ2n) is 5.43. The van der Waals surface area contributed by atoms with Crippen LogP contribution in [0.4, 0.5) is 0 Å². The molecule has 0 unspecified atom stereocenters. The van der Waals surface area contributed by atoms with Crippen LogP contribution in [0.1, 0.15) is 40.7 Å². The Bertz CT molecular complexity index is 830. The molecule has 0 atom stereocenters. The van der Waals surface area contributed by atoms with E-state index in [4.69, 9.17) is 5.10 Å². The molecule has 21 heavy (non-hydrogen) atoms. The molecule has 0 saturated heterocycles. The summed E-state index contributed by atoms with van der Waals surface area (Å²) in [5.41, 5.74) is 3.05. The molecule has 0 radical (unpaired) electrons. The molecule has 2 aromatic heterocycles. The number of benzene rings is 1. The lowest BCUT2D eigenvalue weighted by Crippen LogP contribution is -1.98. The van der Waals surface area contributed by atoms with Gasteiger partial charge in [-0.05, 0) is 36.6 Å². The minimum atomic E-state index is -0.887. The van der Waals surface area contributed by atoms with Crippen molar-refractivity contribution in [1.29, 1.82) is 0 Å². The van der Waals surface area contributed by atoms with Crippen LogP contribution in [-0.4, -0.2) is 20.9 Å². The summed E-state index contributed by atoms with van der Waals surface area (Å²) in [6, 6.07) is 9.79. The smallest absolute Gasteiger partial charge is 0.345 e. The highest BCUT2D eigenvalue weighted by molar-refractivity contribution is 7.20. The fourth-order valence-electron chi connectivity index (χ4n) is 2.40. The van der Waals surface area contributed by atoms with E-state index in [1.807, 2.05) is 29.8 Å². The molecular weight excluding hydrogens is 284 g/mol. The van der Waals surface area contributed by atoms with Gasteiger partial charge in [-0.2, -0.15) is 5.10 Å². The standard InChI is InChI=1S/C16H16N2O2S/c1-9(2)14-12-8-13(16(19)20)21-15(12)18(17-14)11-6-4-5-10(3)7-11/h4-9H,1-3H3,(H,19,20). The maximum atomic E-state index is 11.2. The number of rotatable bonds is 3. The van der Waals surface area contributed by atoms with E-state index in [1.54, 1.807) is 6.07 Å². The fourth-order valence-corrected chi connectivity index (χ4v) is 3.37. The number of thiophene rings is 1. The molecule has 3 rings (SSSR count). The molecule has 0 aliphatic heterocycles. The second kappa shape index (κ2) is 5.00. The van der Waals surface area contributed by atoms with Crippen molar-refractivity contribution in [2.75, 3.05) is 0 Å². The maximum absolute atomic E-state index is 11.2. The third kappa shape index (κ3) is 2.34. The average molecular weight is 300 g/mol. The van der Waals surface area contributed by atoms with E-state index in [9.17, 15) is 9.90 Å². The van der Waals surface area contributed by atoms with Gasteiger partial charge in [0.05, 0.1) is 11.4 Å². The number of aromatic nitrogens is 2. The van der Waals surface area contributed by atoms with Gasteiger partial charge in [-0.1, -0.05) is 26.0 Å². The van der Waals surface area contributed by atoms with Gasteiger partial charge in [0.15, 0.2) is 0 Å². The highest BCUT2D eigenvalue weighted by Gasteiger charge is 2.20. The van der Waals surface area contributed by atoms with Gasteiger partial charge in [0.1, 0.15) is 9.71 Å². The van der Waals surface area contributed by atoms with Crippen LogP contribution in [0.2, 0.25) is 0 Å². The Kier molecular flexibility index (Phi) is 3.29. The number of carboxylic acid groups (broad SMARTS) is 1. The van der Waals surface area contributed by atoms with Gasteiger partial charge in [-0.25, -0.2) is 9.48 Å². The summed E-state index contributed by atoms with van der Waals surface area (Å²) in [7, 11) is 0. The summed E-state index contributed by atoms with van der Waals surface area (Å²) in [6.07, 6.45) is 0. The minimum Gasteiger partial charge on any atom is -0.477 e. The summed E-state index contributed by atoms with van der Waals surface area (Å²) >= 11 is 1.27. The van der Waals surface area contributed by atoms with Crippen molar-refractivity contribution < 1.29 is 9.90 Å². The number of hydrogen-bond acceptors (Lipinski definition) is 3. The van der Waals surface area contributed by atoms with Gasteiger partial charge >= 0.3 is 5.97 Å². The third-order valence-electron chi connectivity index (χ3n) is 3.39. The maximum Gasteiger partial charge on any atom is 0.345 e. The quantitative estimate of drug-likeness (QED) is 0.788. The highest BCUT2D eigenvalue weighted by Crippen LogP contribution is 2.33. The Morgan fingerprint density at radius 1 is 1.33 bits per heavy atom. The first-order valence-electron chi connectivity index (χ1n) is 6.80. The number of fused-ring (bicyclic) bond motifs is 1. The SMILES string of the molecule is Cc1cccc(-n2nc(C(C)C)c3cc(C(=O)O)sc32)c1. The van der Waals surface area contributed by atoms with Crippen molar-refractivity contribution in [2.24, 2.45) is 0 Å². The number of aryl methyl sites for hydroxylation is 1. The van der Waals surface area contributed by atoms with Gasteiger partial charge < -0.3 is 5.11 Å². The molecule has 108 valence electrons. The first-order chi connectivity index (χ1) is 9.97. The van der Waals surface area contributed by atoms with Gasteiger partial charge in [-0.3, -0.25) is 0 Å². The zero-order chi connectivity index (χ0) is 15.1. The number of carbonyl (C=O) groups is 1. The molecule has 0 amide bonds. The van der Waals surface area contributed by atoms with E-state index in [2.05, 4.69) is 19.9 Å². The van der Waals surface area contributed by atoms with E-state index >= 15 is 0 Å². The fraction of sp³-hybridized carbons (Fsp3) is 0.250. The summed E-state index contributed by atoms with van der Waals surface area (Å²) in [4.78, 5) is 12.5. The summed E-state index contributed by atoms with van der Waals surface area (Å²) in [5.74, 6) is -0.642. The first kappa shape index (κ1) is 13.8. The van der Waals surface area contributed by atoms with Gasteiger partial charge in [0.2, 0.25) is 0 Å². The van der Waals surface area contributed by atoms with Crippen LogP contribution in [0.5, 0.6) is 0 Å². The van der Waals surface area contributed by atoms with Gasteiger partial charge in [0, 0.05) is 5.39 Å². The van der Waals surface area contributed by atoms with E-state index in [-0.39, 0.29) is 5.92 Å². The molecule has 3 aromatic rings. The average Bonchev–Trinajstić information content (AvgIpc) is 2.96. The molecule has 1 aromatic carbocycles. The first-order valence-corrected chi connectivity index (χ1v) is 7.62. The Balaban J connectivity index is 2.29. The minimum absolute atomic E-state index is 0.245. The van der Waals surface area contributed by atoms with Crippen LogP contribution in [-0.2, 0) is 0 Å².